The van der Waals surface area contributed by atoms with Gasteiger partial charge in [0.15, 0.2) is 5.43 Å². The maximum atomic E-state index is 15.3. The summed E-state index contributed by atoms with van der Waals surface area (Å²) in [4.78, 5) is 37.3. The highest BCUT2D eigenvalue weighted by Crippen LogP contribution is 2.40. The summed E-state index contributed by atoms with van der Waals surface area (Å²) in [6.45, 7) is 9.34. The van der Waals surface area contributed by atoms with Crippen molar-refractivity contribution in [3.8, 4) is 11.3 Å². The van der Waals surface area contributed by atoms with Gasteiger partial charge in [-0.3, -0.25) is 9.69 Å². The van der Waals surface area contributed by atoms with Gasteiger partial charge in [-0.1, -0.05) is 74.7 Å². The Bertz CT molecular complexity index is 1520. The molecule has 2 N–H and O–H groups in total. The lowest BCUT2D eigenvalue weighted by Gasteiger charge is -2.51. The lowest BCUT2D eigenvalue weighted by molar-refractivity contribution is -0.00255. The topological polar surface area (TPSA) is 71.7 Å². The van der Waals surface area contributed by atoms with Gasteiger partial charge in [-0.25, -0.2) is 9.18 Å². The number of aromatic nitrogens is 1. The predicted molar refractivity (Wildman–Crippen MR) is 173 cm³/mol. The van der Waals surface area contributed by atoms with Gasteiger partial charge in [0, 0.05) is 79.4 Å². The fraction of sp³-hybridized carbons (Fsp3) is 0.500. The van der Waals surface area contributed by atoms with Gasteiger partial charge in [-0.05, 0) is 44.2 Å². The SMILES string of the molecule is Cc1ccc(F)c([C@@H]2C[C@H](NC(C)C)CCN2C(=O)N2CCN(Cc3c[nH]c(-c4ccccc4)cc3=O)C3(CCCC3)C2)c1. The Morgan fingerprint density at radius 1 is 1.07 bits per heavy atom. The average molecular weight is 600 g/mol. The first-order chi connectivity index (χ1) is 21.2. The zero-order valence-electron chi connectivity index (χ0n) is 26.3. The number of carbonyl (C=O) groups is 1. The van der Waals surface area contributed by atoms with Crippen LogP contribution in [0.5, 0.6) is 0 Å². The number of amides is 2. The van der Waals surface area contributed by atoms with Crippen LogP contribution < -0.4 is 10.7 Å². The normalized spacial score (nSPS) is 22.2. The maximum absolute atomic E-state index is 15.3. The molecule has 6 rings (SSSR count). The molecule has 1 saturated carbocycles. The van der Waals surface area contributed by atoms with Crippen LogP contribution in [-0.4, -0.2) is 69.5 Å². The van der Waals surface area contributed by atoms with E-state index in [-0.39, 0.29) is 34.9 Å². The minimum Gasteiger partial charge on any atom is -0.361 e. The number of aromatic amines is 1. The number of piperazine rings is 1. The summed E-state index contributed by atoms with van der Waals surface area (Å²) >= 11 is 0. The minimum absolute atomic E-state index is 0.00916. The molecule has 3 aliphatic rings. The van der Waals surface area contributed by atoms with Crippen LogP contribution >= 0.6 is 0 Å². The number of urea groups is 1. The summed E-state index contributed by atoms with van der Waals surface area (Å²) in [5.41, 5.74) is 4.06. The van der Waals surface area contributed by atoms with Crippen molar-refractivity contribution in [3.63, 3.8) is 0 Å². The number of rotatable bonds is 6. The molecule has 1 spiro atoms. The highest BCUT2D eigenvalue weighted by atomic mass is 19.1. The number of benzene rings is 2. The molecule has 2 atom stereocenters. The zero-order chi connectivity index (χ0) is 30.8. The quantitative estimate of drug-likeness (QED) is 0.352. The van der Waals surface area contributed by atoms with Crippen LogP contribution in [-0.2, 0) is 6.54 Å². The number of halogens is 1. The number of piperidine rings is 1. The van der Waals surface area contributed by atoms with Crippen molar-refractivity contribution in [1.82, 2.24) is 25.0 Å². The Balaban J connectivity index is 1.21. The highest BCUT2D eigenvalue weighted by molar-refractivity contribution is 5.75. The molecule has 3 fully saturated rings. The van der Waals surface area contributed by atoms with Gasteiger partial charge < -0.3 is 20.1 Å². The van der Waals surface area contributed by atoms with E-state index in [1.54, 1.807) is 12.1 Å². The predicted octanol–water partition coefficient (Wildman–Crippen LogP) is 6.24. The Morgan fingerprint density at radius 3 is 2.57 bits per heavy atom. The van der Waals surface area contributed by atoms with Crippen molar-refractivity contribution in [2.75, 3.05) is 26.2 Å². The molecule has 8 heteroatoms. The summed E-state index contributed by atoms with van der Waals surface area (Å²) in [5, 5.41) is 3.63. The molecule has 234 valence electrons. The Labute approximate surface area is 260 Å². The minimum atomic E-state index is -0.313. The van der Waals surface area contributed by atoms with Gasteiger partial charge in [0.25, 0.3) is 0 Å². The maximum Gasteiger partial charge on any atom is 0.320 e. The van der Waals surface area contributed by atoms with Crippen LogP contribution in [0.1, 0.15) is 75.1 Å². The molecule has 3 heterocycles. The van der Waals surface area contributed by atoms with E-state index >= 15 is 4.39 Å². The molecule has 7 nitrogen and oxygen atoms in total. The first-order valence-electron chi connectivity index (χ1n) is 16.3. The van der Waals surface area contributed by atoms with E-state index in [0.717, 1.165) is 54.5 Å². The van der Waals surface area contributed by atoms with Crippen molar-refractivity contribution in [1.29, 1.82) is 0 Å². The number of nitrogens with one attached hydrogen (secondary N) is 2. The van der Waals surface area contributed by atoms with Gasteiger partial charge in [0.1, 0.15) is 5.82 Å². The van der Waals surface area contributed by atoms with E-state index in [4.69, 9.17) is 0 Å². The third-order valence-corrected chi connectivity index (χ3v) is 9.97. The fourth-order valence-corrected chi connectivity index (χ4v) is 7.76. The third-order valence-electron chi connectivity index (χ3n) is 9.97. The molecular weight excluding hydrogens is 553 g/mol. The van der Waals surface area contributed by atoms with Crippen molar-refractivity contribution < 1.29 is 9.18 Å². The molecule has 2 aromatic carbocycles. The smallest absolute Gasteiger partial charge is 0.320 e. The number of hydrogen-bond acceptors (Lipinski definition) is 4. The molecule has 44 heavy (non-hydrogen) atoms. The highest BCUT2D eigenvalue weighted by Gasteiger charge is 2.46. The molecule has 0 radical (unpaired) electrons. The van der Waals surface area contributed by atoms with Crippen LogP contribution in [0.25, 0.3) is 11.3 Å². The zero-order valence-corrected chi connectivity index (χ0v) is 26.3. The number of nitrogens with zero attached hydrogens (tertiary/aromatic N) is 3. The molecule has 2 aliphatic heterocycles. The van der Waals surface area contributed by atoms with Gasteiger partial charge in [-0.2, -0.15) is 0 Å². The standard InChI is InChI=1S/C36H46FN5O2/c1-25(2)39-29-13-16-42(33(20-29)30-19-26(3)11-12-31(30)37)35(44)40-17-18-41(36(24-40)14-7-8-15-36)23-28-22-38-32(21-34(28)43)27-9-5-4-6-10-27/h4-6,9-12,19,21-22,25,29,33,39H,7-8,13-18,20,23-24H2,1-3H3,(H,38,43)/t29-,33+/m1/s1. The van der Waals surface area contributed by atoms with Gasteiger partial charge in [-0.15, -0.1) is 0 Å². The molecule has 0 bridgehead atoms. The fourth-order valence-electron chi connectivity index (χ4n) is 7.76. The summed E-state index contributed by atoms with van der Waals surface area (Å²) in [6.07, 6.45) is 7.65. The summed E-state index contributed by atoms with van der Waals surface area (Å²) in [7, 11) is 0. The lowest BCUT2D eigenvalue weighted by atomic mass is 9.89. The van der Waals surface area contributed by atoms with Gasteiger partial charge in [0.2, 0.25) is 0 Å². The van der Waals surface area contributed by atoms with E-state index in [2.05, 4.69) is 29.0 Å². The van der Waals surface area contributed by atoms with E-state index in [1.165, 1.54) is 6.07 Å². The third kappa shape index (κ3) is 6.33. The molecule has 1 aliphatic carbocycles. The van der Waals surface area contributed by atoms with Crippen LogP contribution in [0, 0.1) is 12.7 Å². The van der Waals surface area contributed by atoms with Crippen molar-refractivity contribution in [2.24, 2.45) is 0 Å². The van der Waals surface area contributed by atoms with Crippen molar-refractivity contribution >= 4 is 6.03 Å². The number of likely N-dealkylation sites (tertiary alicyclic amines) is 1. The first-order valence-corrected chi connectivity index (χ1v) is 16.3. The molecule has 2 amide bonds. The molecule has 3 aromatic rings. The number of aryl methyl sites for hydroxylation is 1. The largest absolute Gasteiger partial charge is 0.361 e. The second-order valence-corrected chi connectivity index (χ2v) is 13.4. The van der Waals surface area contributed by atoms with Gasteiger partial charge >= 0.3 is 6.03 Å². The summed E-state index contributed by atoms with van der Waals surface area (Å²) in [5.74, 6) is -0.246. The molecule has 2 saturated heterocycles. The first kappa shape index (κ1) is 30.5. The van der Waals surface area contributed by atoms with Crippen LogP contribution in [0.3, 0.4) is 0 Å². The second-order valence-electron chi connectivity index (χ2n) is 13.4. The number of hydrogen-bond donors (Lipinski definition) is 2. The Morgan fingerprint density at radius 2 is 1.84 bits per heavy atom. The van der Waals surface area contributed by atoms with E-state index in [9.17, 15) is 9.59 Å². The second kappa shape index (κ2) is 12.9. The number of H-pyrrole nitrogens is 1. The van der Waals surface area contributed by atoms with Crippen LogP contribution in [0.15, 0.2) is 65.6 Å². The lowest BCUT2D eigenvalue weighted by Crippen LogP contribution is -2.64. The van der Waals surface area contributed by atoms with Crippen LogP contribution in [0.4, 0.5) is 9.18 Å². The van der Waals surface area contributed by atoms with Gasteiger partial charge in [0.05, 0.1) is 6.04 Å². The average Bonchev–Trinajstić information content (AvgIpc) is 3.48. The molecule has 1 aromatic heterocycles. The Kier molecular flexibility index (Phi) is 8.92. The van der Waals surface area contributed by atoms with Crippen LogP contribution in [0.2, 0.25) is 0 Å². The van der Waals surface area contributed by atoms with Crippen molar-refractivity contribution in [2.45, 2.75) is 89.5 Å². The monoisotopic (exact) mass is 599 g/mol. The van der Waals surface area contributed by atoms with E-state index < -0.39 is 0 Å². The summed E-state index contributed by atoms with van der Waals surface area (Å²) < 4.78 is 15.3. The van der Waals surface area contributed by atoms with E-state index in [0.29, 0.717) is 50.7 Å². The Hall–Kier alpha value is -3.49. The number of pyridine rings is 1. The molecule has 0 unspecified atom stereocenters. The summed E-state index contributed by atoms with van der Waals surface area (Å²) in [6, 6.07) is 17.1. The van der Waals surface area contributed by atoms with E-state index in [1.807, 2.05) is 59.3 Å². The number of carbonyl (C=O) groups excluding carboxylic acids is 1. The van der Waals surface area contributed by atoms with Crippen molar-refractivity contribution in [3.05, 3.63) is 93.5 Å². The molecular formula is C36H46FN5O2.